The van der Waals surface area contributed by atoms with E-state index in [1.165, 1.54) is 12.1 Å². The van der Waals surface area contributed by atoms with E-state index in [4.69, 9.17) is 4.74 Å². The summed E-state index contributed by atoms with van der Waals surface area (Å²) in [6.45, 7) is 3.84. The van der Waals surface area contributed by atoms with Crippen molar-refractivity contribution >= 4 is 12.1 Å². The molecule has 0 heterocycles. The number of hydrazine groups is 1. The van der Waals surface area contributed by atoms with Crippen molar-refractivity contribution in [3.8, 4) is 0 Å². The van der Waals surface area contributed by atoms with E-state index in [2.05, 4.69) is 10.2 Å². The van der Waals surface area contributed by atoms with E-state index in [0.717, 1.165) is 5.56 Å². The van der Waals surface area contributed by atoms with Gasteiger partial charge in [-0.2, -0.15) is 0 Å². The number of ether oxygens (including phenoxy) is 2. The number of hydrogen-bond acceptors (Lipinski definition) is 5. The number of amides is 1. The van der Waals surface area contributed by atoms with Gasteiger partial charge < -0.3 is 9.47 Å². The molecule has 0 unspecified atom stereocenters. The third-order valence-electron chi connectivity index (χ3n) is 2.60. The molecule has 110 valence electrons. The van der Waals surface area contributed by atoms with E-state index >= 15 is 0 Å². The van der Waals surface area contributed by atoms with Crippen molar-refractivity contribution in [3.63, 3.8) is 0 Å². The molecule has 6 nitrogen and oxygen atoms in total. The summed E-state index contributed by atoms with van der Waals surface area (Å²) in [6.07, 6.45) is -0.605. The van der Waals surface area contributed by atoms with E-state index in [9.17, 15) is 9.59 Å². The van der Waals surface area contributed by atoms with Crippen molar-refractivity contribution in [1.29, 1.82) is 0 Å². The lowest BCUT2D eigenvalue weighted by atomic mass is 10.2. The first-order valence-corrected chi connectivity index (χ1v) is 6.33. The Hall–Kier alpha value is -2.08. The monoisotopic (exact) mass is 280 g/mol. The van der Waals surface area contributed by atoms with Gasteiger partial charge in [-0.3, -0.25) is 10.2 Å². The van der Waals surface area contributed by atoms with Gasteiger partial charge in [0.1, 0.15) is 13.2 Å². The van der Waals surface area contributed by atoms with Crippen LogP contribution in [0.5, 0.6) is 0 Å². The van der Waals surface area contributed by atoms with Gasteiger partial charge in [-0.25, -0.2) is 9.80 Å². The van der Waals surface area contributed by atoms with Gasteiger partial charge in [0.2, 0.25) is 0 Å². The van der Waals surface area contributed by atoms with Crippen LogP contribution in [-0.2, 0) is 20.9 Å². The summed E-state index contributed by atoms with van der Waals surface area (Å²) in [5.74, 6) is -0.429. The van der Waals surface area contributed by atoms with Crippen molar-refractivity contribution in [2.75, 3.05) is 13.7 Å². The molecule has 1 aromatic carbocycles. The predicted molar refractivity (Wildman–Crippen MR) is 73.6 cm³/mol. The fraction of sp³-hybridized carbons (Fsp3) is 0.429. The molecule has 0 bridgehead atoms. The third kappa shape index (κ3) is 5.71. The van der Waals surface area contributed by atoms with E-state index < -0.39 is 12.1 Å². The summed E-state index contributed by atoms with van der Waals surface area (Å²) in [6, 6.07) is 9.30. The quantitative estimate of drug-likeness (QED) is 0.634. The average molecular weight is 280 g/mol. The third-order valence-corrected chi connectivity index (χ3v) is 2.60. The van der Waals surface area contributed by atoms with Crippen molar-refractivity contribution in [2.24, 2.45) is 0 Å². The molecule has 1 amide bonds. The summed E-state index contributed by atoms with van der Waals surface area (Å²) in [4.78, 5) is 22.9. The summed E-state index contributed by atoms with van der Waals surface area (Å²) in [5.41, 5.74) is 3.42. The molecule has 0 aromatic heterocycles. The van der Waals surface area contributed by atoms with Gasteiger partial charge in [0, 0.05) is 6.04 Å². The number of rotatable bonds is 6. The van der Waals surface area contributed by atoms with Crippen LogP contribution in [-0.4, -0.2) is 36.8 Å². The van der Waals surface area contributed by atoms with E-state index in [-0.39, 0.29) is 19.2 Å². The molecule has 0 atom stereocenters. The normalized spacial score (nSPS) is 10.4. The van der Waals surface area contributed by atoms with E-state index in [0.29, 0.717) is 0 Å². The number of hydrogen-bond donors (Lipinski definition) is 1. The second-order valence-electron chi connectivity index (χ2n) is 4.47. The fourth-order valence-electron chi connectivity index (χ4n) is 1.43. The smallest absolute Gasteiger partial charge is 0.422 e. The molecule has 1 rings (SSSR count). The number of methoxy groups -OCH3 is 1. The zero-order valence-corrected chi connectivity index (χ0v) is 12.0. The molecule has 6 heteroatoms. The first-order valence-electron chi connectivity index (χ1n) is 6.33. The van der Waals surface area contributed by atoms with Gasteiger partial charge >= 0.3 is 12.1 Å². The largest absolute Gasteiger partial charge is 0.468 e. The van der Waals surface area contributed by atoms with Gasteiger partial charge in [-0.1, -0.05) is 30.3 Å². The zero-order valence-electron chi connectivity index (χ0n) is 12.0. The van der Waals surface area contributed by atoms with Gasteiger partial charge in [0.05, 0.1) is 7.11 Å². The minimum Gasteiger partial charge on any atom is -0.468 e. The predicted octanol–water partition coefficient (Wildman–Crippen LogP) is 1.71. The first kappa shape index (κ1) is 16.0. The molecule has 0 aliphatic heterocycles. The second kappa shape index (κ2) is 8.16. The maximum Gasteiger partial charge on any atom is 0.422 e. The summed E-state index contributed by atoms with van der Waals surface area (Å²) < 4.78 is 9.65. The maximum atomic E-state index is 11.7. The number of carbonyl (C=O) groups excluding carboxylic acids is 2. The SMILES string of the molecule is COC(=O)CN(NC(=O)OCc1ccccc1)C(C)C. The molecular formula is C14H20N2O4. The van der Waals surface area contributed by atoms with E-state index in [1.807, 2.05) is 44.2 Å². The van der Waals surface area contributed by atoms with Crippen LogP contribution in [0.15, 0.2) is 30.3 Å². The van der Waals surface area contributed by atoms with Crippen molar-refractivity contribution in [1.82, 2.24) is 10.4 Å². The Morgan fingerprint density at radius 1 is 1.25 bits per heavy atom. The molecule has 0 saturated heterocycles. The topological polar surface area (TPSA) is 67.9 Å². The lowest BCUT2D eigenvalue weighted by molar-refractivity contribution is -0.143. The highest BCUT2D eigenvalue weighted by molar-refractivity contribution is 5.72. The lowest BCUT2D eigenvalue weighted by Crippen LogP contribution is -2.49. The number of nitrogens with zero attached hydrogens (tertiary/aromatic N) is 1. The van der Waals surface area contributed by atoms with Crippen LogP contribution in [0.1, 0.15) is 19.4 Å². The molecule has 0 saturated carbocycles. The van der Waals surface area contributed by atoms with Crippen LogP contribution in [0.2, 0.25) is 0 Å². The maximum absolute atomic E-state index is 11.7. The number of nitrogens with one attached hydrogen (secondary N) is 1. The molecule has 0 aliphatic rings. The Morgan fingerprint density at radius 3 is 2.45 bits per heavy atom. The molecule has 20 heavy (non-hydrogen) atoms. The Morgan fingerprint density at radius 2 is 1.90 bits per heavy atom. The van der Waals surface area contributed by atoms with Gasteiger partial charge in [0.15, 0.2) is 0 Å². The Balaban J connectivity index is 2.44. The number of esters is 1. The molecule has 0 aliphatic carbocycles. The molecule has 0 fully saturated rings. The molecule has 1 aromatic rings. The van der Waals surface area contributed by atoms with Crippen LogP contribution >= 0.6 is 0 Å². The average Bonchev–Trinajstić information content (AvgIpc) is 2.45. The van der Waals surface area contributed by atoms with Crippen LogP contribution in [0.25, 0.3) is 0 Å². The van der Waals surface area contributed by atoms with Crippen LogP contribution in [0.3, 0.4) is 0 Å². The number of carbonyl (C=O) groups is 2. The minimum absolute atomic E-state index is 0.0331. The molecule has 1 N–H and O–H groups in total. The molecular weight excluding hydrogens is 260 g/mol. The van der Waals surface area contributed by atoms with Crippen LogP contribution < -0.4 is 5.43 Å². The molecule has 0 spiro atoms. The Labute approximate surface area is 118 Å². The van der Waals surface area contributed by atoms with Crippen LogP contribution in [0.4, 0.5) is 4.79 Å². The van der Waals surface area contributed by atoms with Gasteiger partial charge in [0.25, 0.3) is 0 Å². The fourth-order valence-corrected chi connectivity index (χ4v) is 1.43. The zero-order chi connectivity index (χ0) is 15.0. The van der Waals surface area contributed by atoms with Crippen LogP contribution in [0, 0.1) is 0 Å². The first-order chi connectivity index (χ1) is 9.52. The highest BCUT2D eigenvalue weighted by atomic mass is 16.6. The standard InChI is InChI=1S/C14H20N2O4/c1-11(2)16(9-13(17)19-3)15-14(18)20-10-12-7-5-4-6-8-12/h4-8,11H,9-10H2,1-3H3,(H,15,18). The highest BCUT2D eigenvalue weighted by Gasteiger charge is 2.17. The van der Waals surface area contributed by atoms with E-state index in [1.54, 1.807) is 0 Å². The van der Waals surface area contributed by atoms with Gasteiger partial charge in [-0.15, -0.1) is 0 Å². The summed E-state index contributed by atoms with van der Waals surface area (Å²) in [7, 11) is 1.30. The van der Waals surface area contributed by atoms with Crippen molar-refractivity contribution in [3.05, 3.63) is 35.9 Å². The van der Waals surface area contributed by atoms with Gasteiger partial charge in [-0.05, 0) is 19.4 Å². The summed E-state index contributed by atoms with van der Waals surface area (Å²) in [5, 5.41) is 1.46. The lowest BCUT2D eigenvalue weighted by Gasteiger charge is -2.25. The summed E-state index contributed by atoms with van der Waals surface area (Å²) >= 11 is 0. The Kier molecular flexibility index (Phi) is 6.52. The number of benzene rings is 1. The van der Waals surface area contributed by atoms with Crippen molar-refractivity contribution < 1.29 is 19.1 Å². The molecule has 0 radical (unpaired) electrons. The highest BCUT2D eigenvalue weighted by Crippen LogP contribution is 2.01. The Bertz CT molecular complexity index is 434. The van der Waals surface area contributed by atoms with Crippen molar-refractivity contribution in [2.45, 2.75) is 26.5 Å². The minimum atomic E-state index is -0.605. The second-order valence-corrected chi connectivity index (χ2v) is 4.47.